The van der Waals surface area contributed by atoms with E-state index in [-0.39, 0.29) is 31.7 Å². The number of carbonyl (C=O) groups is 3. The molecule has 0 aromatic heterocycles. The maximum absolute atomic E-state index is 13.7. The molecule has 3 heterocycles. The minimum absolute atomic E-state index is 0.0378. The van der Waals surface area contributed by atoms with E-state index in [2.05, 4.69) is 11.8 Å². The molecule has 14 heteroatoms. The highest BCUT2D eigenvalue weighted by molar-refractivity contribution is 5.79. The van der Waals surface area contributed by atoms with Gasteiger partial charge in [0.05, 0.1) is 41.2 Å². The first-order chi connectivity index (χ1) is 24.6. The van der Waals surface area contributed by atoms with Crippen molar-refractivity contribution in [1.82, 2.24) is 4.90 Å². The monoisotopic (exact) mass is 751 g/mol. The predicted molar refractivity (Wildman–Crippen MR) is 185 cm³/mol. The van der Waals surface area contributed by atoms with Gasteiger partial charge in [-0.15, -0.1) is 0 Å². The minimum atomic E-state index is -2.33. The van der Waals surface area contributed by atoms with Crippen LogP contribution < -0.4 is 0 Å². The number of carbonyl (C=O) groups excluding carboxylic acids is 3. The molecule has 53 heavy (non-hydrogen) atoms. The zero-order valence-corrected chi connectivity index (χ0v) is 32.4. The summed E-state index contributed by atoms with van der Waals surface area (Å²) in [5.41, 5.74) is -8.19. The summed E-state index contributed by atoms with van der Waals surface area (Å²) in [6, 6.07) is -0.284. The van der Waals surface area contributed by atoms with E-state index < -0.39 is 118 Å². The van der Waals surface area contributed by atoms with E-state index in [4.69, 9.17) is 18.9 Å². The van der Waals surface area contributed by atoms with Gasteiger partial charge in [0.2, 0.25) is 5.79 Å². The van der Waals surface area contributed by atoms with Crippen LogP contribution in [0.25, 0.3) is 0 Å². The second-order valence-corrected chi connectivity index (χ2v) is 18.7. The maximum Gasteiger partial charge on any atom is 0.338 e. The quantitative estimate of drug-likeness (QED) is 0.159. The Labute approximate surface area is 311 Å². The van der Waals surface area contributed by atoms with Gasteiger partial charge < -0.3 is 49.6 Å². The molecule has 0 aromatic rings. The Kier molecular flexibility index (Phi) is 9.31. The molecule has 300 valence electrons. The summed E-state index contributed by atoms with van der Waals surface area (Å²) in [5, 5.41) is 74.7. The molecule has 4 bridgehead atoms. The molecule has 7 rings (SSSR count). The topological polar surface area (TPSA) is 213 Å². The van der Waals surface area contributed by atoms with Crippen LogP contribution in [0, 0.1) is 46.8 Å². The van der Waals surface area contributed by atoms with Crippen LogP contribution in [0.5, 0.6) is 0 Å². The second-order valence-electron chi connectivity index (χ2n) is 18.7. The number of fused-ring (bicyclic) bond motifs is 5. The highest BCUT2D eigenvalue weighted by Crippen LogP contribution is 2.77. The number of esters is 3. The first-order valence-corrected chi connectivity index (χ1v) is 19.8. The van der Waals surface area contributed by atoms with Crippen LogP contribution in [-0.2, 0) is 33.3 Å². The largest absolute Gasteiger partial charge is 0.459 e. The van der Waals surface area contributed by atoms with Gasteiger partial charge in [-0.1, -0.05) is 34.6 Å². The van der Waals surface area contributed by atoms with Crippen molar-refractivity contribution in [3.63, 3.8) is 0 Å². The number of aliphatic hydroxyl groups is 6. The van der Waals surface area contributed by atoms with Crippen LogP contribution in [0.2, 0.25) is 0 Å². The van der Waals surface area contributed by atoms with Gasteiger partial charge in [-0.3, -0.25) is 14.5 Å². The van der Waals surface area contributed by atoms with Gasteiger partial charge in [-0.2, -0.15) is 0 Å². The minimum Gasteiger partial charge on any atom is -0.459 e. The van der Waals surface area contributed by atoms with E-state index in [1.165, 1.54) is 13.8 Å². The first-order valence-electron chi connectivity index (χ1n) is 19.8. The molecule has 4 saturated carbocycles. The van der Waals surface area contributed by atoms with E-state index in [0.717, 1.165) is 6.42 Å². The lowest BCUT2D eigenvalue weighted by molar-refractivity contribution is -0.301. The fraction of sp³-hybridized carbons (Fsp3) is 0.923. The smallest absolute Gasteiger partial charge is 0.338 e. The highest BCUT2D eigenvalue weighted by atomic mass is 16.7. The summed E-state index contributed by atoms with van der Waals surface area (Å²) in [6.45, 7) is 14.4. The van der Waals surface area contributed by atoms with Crippen LogP contribution in [-0.4, -0.2) is 131 Å². The summed E-state index contributed by atoms with van der Waals surface area (Å²) in [5.74, 6) is -9.73. The third-order valence-electron chi connectivity index (χ3n) is 15.7. The molecule has 7 aliphatic rings. The average molecular weight is 752 g/mol. The van der Waals surface area contributed by atoms with Gasteiger partial charge in [0.25, 0.3) is 0 Å². The van der Waals surface area contributed by atoms with Crippen LogP contribution in [0.3, 0.4) is 0 Å². The third-order valence-corrected chi connectivity index (χ3v) is 15.7. The number of hydrogen-bond donors (Lipinski definition) is 6. The molecule has 6 N–H and O–H groups in total. The van der Waals surface area contributed by atoms with Crippen molar-refractivity contribution in [2.24, 2.45) is 46.8 Å². The predicted octanol–water partition coefficient (Wildman–Crippen LogP) is 1.04. The summed E-state index contributed by atoms with van der Waals surface area (Å²) >= 11 is 0. The second kappa shape index (κ2) is 12.5. The summed E-state index contributed by atoms with van der Waals surface area (Å²) < 4.78 is 24.8. The van der Waals surface area contributed by atoms with Crippen molar-refractivity contribution >= 4 is 17.9 Å². The summed E-state index contributed by atoms with van der Waals surface area (Å²) in [6.07, 6.45) is -5.24. The fourth-order valence-electron chi connectivity index (χ4n) is 12.8. The van der Waals surface area contributed by atoms with Crippen molar-refractivity contribution in [1.29, 1.82) is 0 Å². The molecule has 0 unspecified atom stereocenters. The Morgan fingerprint density at radius 1 is 0.981 bits per heavy atom. The highest BCUT2D eigenvalue weighted by Gasteiger charge is 2.89. The normalized spacial score (nSPS) is 52.9. The molecule has 0 radical (unpaired) electrons. The molecule has 0 aromatic carbocycles. The Morgan fingerprint density at radius 2 is 1.66 bits per heavy atom. The van der Waals surface area contributed by atoms with E-state index in [0.29, 0.717) is 31.8 Å². The molecule has 14 nitrogen and oxygen atoms in total. The molecular weight excluding hydrogens is 690 g/mol. The number of aliphatic hydroxyl groups excluding tert-OH is 2. The fourth-order valence-corrected chi connectivity index (χ4v) is 12.8. The van der Waals surface area contributed by atoms with Gasteiger partial charge in [-0.25, -0.2) is 4.79 Å². The van der Waals surface area contributed by atoms with Crippen molar-refractivity contribution in [2.75, 3.05) is 13.1 Å². The van der Waals surface area contributed by atoms with Crippen molar-refractivity contribution in [2.45, 2.75) is 165 Å². The Bertz CT molecular complexity index is 1500. The van der Waals surface area contributed by atoms with Crippen LogP contribution in [0.15, 0.2) is 0 Å². The van der Waals surface area contributed by atoms with E-state index in [9.17, 15) is 45.0 Å². The lowest BCUT2D eigenvalue weighted by atomic mass is 9.48. The van der Waals surface area contributed by atoms with E-state index >= 15 is 0 Å². The standard InChI is InChI=1S/C39H61NO13/c1-9-19(4)32(44)52-31-26(42)25-21(17-40-16-18(3)11-12-23(40)36(25,8)47)22-15-37-29(38(22,31)48)27(43)28(50-20(5)41)30-34(37,6)14-13-24(39(30,49)53-37)51-33(45)35(7,46)10-2/h18-19,21-31,42-43,46-49H,9-17H2,1-8H3/t18-,19-,21-,22-,23-,24-,25+,26+,27+,28-,29+,30-,31-,34-,35-,36+,37+,38-,39+/m0/s1. The molecule has 3 aliphatic heterocycles. The van der Waals surface area contributed by atoms with Gasteiger partial charge in [-0.05, 0) is 76.5 Å². The lowest BCUT2D eigenvalue weighted by Crippen LogP contribution is -2.78. The summed E-state index contributed by atoms with van der Waals surface area (Å²) in [4.78, 5) is 41.9. The Morgan fingerprint density at radius 3 is 2.28 bits per heavy atom. The number of piperidine rings is 2. The van der Waals surface area contributed by atoms with Gasteiger partial charge in [0, 0.05) is 37.4 Å². The average Bonchev–Trinajstić information content (AvgIpc) is 3.38. The number of ether oxygens (including phenoxy) is 4. The zero-order valence-electron chi connectivity index (χ0n) is 32.4. The van der Waals surface area contributed by atoms with E-state index in [1.54, 1.807) is 20.8 Å². The maximum atomic E-state index is 13.7. The molecule has 19 atom stereocenters. The molecule has 7 fully saturated rings. The molecule has 4 aliphatic carbocycles. The molecule has 3 saturated heterocycles. The molecule has 1 spiro atoms. The van der Waals surface area contributed by atoms with Crippen molar-refractivity contribution in [3.05, 3.63) is 0 Å². The number of nitrogens with zero attached hydrogens (tertiary/aromatic N) is 1. The molecular formula is C39H61NO13. The Balaban J connectivity index is 1.40. The number of hydrogen-bond acceptors (Lipinski definition) is 14. The Hall–Kier alpha value is -1.91. The molecule has 0 amide bonds. The van der Waals surface area contributed by atoms with Gasteiger partial charge in [0.15, 0.2) is 17.8 Å². The third kappa shape index (κ3) is 5.14. The zero-order chi connectivity index (χ0) is 39.0. The first kappa shape index (κ1) is 39.3. The van der Waals surface area contributed by atoms with Crippen LogP contribution in [0.1, 0.15) is 100 Å². The number of rotatable bonds is 7. The lowest BCUT2D eigenvalue weighted by Gasteiger charge is -2.64. The van der Waals surface area contributed by atoms with Gasteiger partial charge >= 0.3 is 17.9 Å². The van der Waals surface area contributed by atoms with Crippen molar-refractivity contribution < 1.29 is 64.0 Å². The van der Waals surface area contributed by atoms with Gasteiger partial charge in [0.1, 0.15) is 11.7 Å². The van der Waals surface area contributed by atoms with Crippen LogP contribution >= 0.6 is 0 Å². The van der Waals surface area contributed by atoms with E-state index in [1.807, 2.05) is 13.8 Å². The van der Waals surface area contributed by atoms with Crippen molar-refractivity contribution in [3.8, 4) is 0 Å². The van der Waals surface area contributed by atoms with Crippen LogP contribution in [0.4, 0.5) is 0 Å². The summed E-state index contributed by atoms with van der Waals surface area (Å²) in [7, 11) is 0. The SMILES string of the molecule is CC[C@H](C)C(=O)O[C@H]1[C@H](O)[C@H]2[C@@H](CN3C[C@@H](C)CC[C@H]3[C@@]2(C)O)[C@@H]2C[C@]34O[C@]5(O)[C@@H](OC(=O)[C@@](C)(O)CC)CC[C@@]3(C)[C@@H]5[C@@H](OC(C)=O)[C@@H](O)[C@H]4[C@@]21O.